The number of benzene rings is 1. The summed E-state index contributed by atoms with van der Waals surface area (Å²) in [5.41, 5.74) is 9.92. The predicted molar refractivity (Wildman–Crippen MR) is 228 cm³/mol. The molecule has 7 rings (SSSR count). The fourth-order valence-electron chi connectivity index (χ4n) is 9.51. The molecule has 0 bridgehead atoms. The van der Waals surface area contributed by atoms with Crippen molar-refractivity contribution in [2.75, 3.05) is 0 Å². The molecule has 6 saturated carbocycles. The Morgan fingerprint density at radius 1 is 0.604 bits per heavy atom. The van der Waals surface area contributed by atoms with E-state index < -0.39 is 16.3 Å². The second kappa shape index (κ2) is 27.4. The summed E-state index contributed by atoms with van der Waals surface area (Å²) in [6.07, 6.45) is 42.5. The average Bonchev–Trinajstić information content (AvgIpc) is 3.97. The van der Waals surface area contributed by atoms with Crippen LogP contribution in [-0.2, 0) is 26.2 Å². The third kappa shape index (κ3) is 17.4. The third-order valence-corrected chi connectivity index (χ3v) is 15.9. The van der Waals surface area contributed by atoms with E-state index >= 15 is 0 Å². The van der Waals surface area contributed by atoms with E-state index in [-0.39, 0.29) is 26.2 Å². The molecule has 6 aliphatic carbocycles. The maximum Gasteiger partial charge on any atom is 4.00 e. The molecule has 6 aliphatic rings. The minimum atomic E-state index is -1.32. The van der Waals surface area contributed by atoms with Crippen molar-refractivity contribution in [2.24, 2.45) is 0 Å². The largest absolute Gasteiger partial charge is 4.00 e. The summed E-state index contributed by atoms with van der Waals surface area (Å²) < 4.78 is 6.08. The zero-order valence-corrected chi connectivity index (χ0v) is 38.9. The van der Waals surface area contributed by atoms with Gasteiger partial charge in [-0.15, -0.1) is 35.9 Å². The van der Waals surface area contributed by atoms with Crippen LogP contribution in [0, 0.1) is 11.5 Å². The van der Waals surface area contributed by atoms with E-state index in [1.807, 2.05) is 25.7 Å². The Morgan fingerprint density at radius 3 is 1.13 bits per heavy atom. The van der Waals surface area contributed by atoms with E-state index in [4.69, 9.17) is 5.53 Å². The predicted octanol–water partition coefficient (Wildman–Crippen LogP) is 14.0. The Morgan fingerprint density at radius 2 is 0.906 bits per heavy atom. The smallest absolute Gasteiger partial charge is 0.408 e. The second-order valence-electron chi connectivity index (χ2n) is 17.8. The van der Waals surface area contributed by atoms with Gasteiger partial charge in [-0.2, -0.15) is 0 Å². The first-order chi connectivity index (χ1) is 25.4. The first-order valence-electron chi connectivity index (χ1n) is 22.4. The van der Waals surface area contributed by atoms with Gasteiger partial charge in [0.15, 0.2) is 0 Å². The van der Waals surface area contributed by atoms with Crippen LogP contribution in [0.5, 0.6) is 0 Å². The Balaban J connectivity index is 0.000000344. The Hall–Kier alpha value is -0.280. The Labute approximate surface area is 349 Å². The number of hydrogen-bond acceptors (Lipinski definition) is 3. The van der Waals surface area contributed by atoms with Crippen molar-refractivity contribution < 1.29 is 31.0 Å². The molecule has 1 aromatic rings. The molecule has 53 heavy (non-hydrogen) atoms. The van der Waals surface area contributed by atoms with Crippen LogP contribution in [0.2, 0.25) is 19.6 Å². The quantitative estimate of drug-likeness (QED) is 0.0672. The molecule has 0 aliphatic heterocycles. The van der Waals surface area contributed by atoms with Gasteiger partial charge in [0.05, 0.1) is 0 Å². The zero-order valence-electron chi connectivity index (χ0n) is 34.6. The molecule has 0 amide bonds. The molecule has 0 heterocycles. The summed E-state index contributed by atoms with van der Waals surface area (Å²) >= 11 is 0. The standard InChI is InChI=1S/C31H49N3P.2C5H10.C4H9N2Si.Zr/c32-31(26-16-6-1-7-17-26)35(33(27-18-8-2-9-19-27)28-20-10-3-11-21-28)34(29-22-12-4-13-23-29)30-24-14-5-15-25-30;2*1-2-4-5-3-1;1-7(2,3)4-6-5;/h1,6-7,16,27-30,32H,2-5,8-15,18-25H2;2*1-5H2;1-3H3;/q-1;;;-1;+4. The van der Waals surface area contributed by atoms with E-state index in [2.05, 4.69) is 44.2 Å². The molecule has 0 radical (unpaired) electrons. The normalized spacial score (nSPS) is 22.0. The van der Waals surface area contributed by atoms with Gasteiger partial charge in [-0.3, -0.25) is 9.34 Å². The molecule has 8 heteroatoms. The molecule has 294 valence electrons. The molecular formula is C45H78N5PSiZr+2. The van der Waals surface area contributed by atoms with Gasteiger partial charge in [-0.25, -0.2) is 0 Å². The molecule has 1 aromatic carbocycles. The van der Waals surface area contributed by atoms with Gasteiger partial charge in [-0.05, 0) is 59.4 Å². The molecule has 6 fully saturated rings. The van der Waals surface area contributed by atoms with Crippen molar-refractivity contribution in [1.82, 2.24) is 9.34 Å². The summed E-state index contributed by atoms with van der Waals surface area (Å²) in [4.78, 5) is 2.82. The van der Waals surface area contributed by atoms with Gasteiger partial charge in [0.2, 0.25) is 0 Å². The summed E-state index contributed by atoms with van der Waals surface area (Å²) in [5, 5.41) is 9.84. The van der Waals surface area contributed by atoms with Crippen molar-refractivity contribution in [3.05, 3.63) is 41.4 Å². The summed E-state index contributed by atoms with van der Waals surface area (Å²) in [5.74, 6) is 2.60. The van der Waals surface area contributed by atoms with Crippen molar-refractivity contribution in [2.45, 2.75) is 236 Å². The van der Waals surface area contributed by atoms with E-state index in [1.54, 1.807) is 0 Å². The van der Waals surface area contributed by atoms with Crippen molar-refractivity contribution in [1.29, 1.82) is 5.41 Å². The molecule has 0 aromatic heterocycles. The average molecular weight is 839 g/mol. The maximum atomic E-state index is 9.84. The number of nitrogens with zero attached hydrogens (tertiary/aromatic N) is 4. The number of nitrogens with one attached hydrogen (secondary N) is 1. The van der Waals surface area contributed by atoms with Crippen LogP contribution in [0.25, 0.3) is 5.53 Å². The van der Waals surface area contributed by atoms with E-state index in [0.29, 0.717) is 24.2 Å². The summed E-state index contributed by atoms with van der Waals surface area (Å²) in [7, 11) is -2.12. The van der Waals surface area contributed by atoms with E-state index in [9.17, 15) is 5.41 Å². The summed E-state index contributed by atoms with van der Waals surface area (Å²) in [6, 6.07) is 14.6. The topological polar surface area (TPSA) is 66.7 Å². The van der Waals surface area contributed by atoms with Crippen molar-refractivity contribution in [3.63, 3.8) is 0 Å². The van der Waals surface area contributed by atoms with Crippen LogP contribution in [0.1, 0.15) is 198 Å². The number of rotatable bonds is 9. The van der Waals surface area contributed by atoms with Crippen molar-refractivity contribution >= 4 is 27.6 Å². The monoisotopic (exact) mass is 837 g/mol. The van der Waals surface area contributed by atoms with Crippen LogP contribution in [0.4, 0.5) is 0 Å². The first-order valence-corrected chi connectivity index (χ1v) is 27.2. The minimum Gasteiger partial charge on any atom is -0.408 e. The zero-order chi connectivity index (χ0) is 36.9. The van der Waals surface area contributed by atoms with Crippen LogP contribution in [0.15, 0.2) is 24.3 Å². The fourth-order valence-corrected chi connectivity index (χ4v) is 13.0. The molecule has 0 spiro atoms. The van der Waals surface area contributed by atoms with Gasteiger partial charge in [0.25, 0.3) is 0 Å². The molecule has 0 atom stereocenters. The molecule has 0 unspecified atom stereocenters. The Bertz CT molecular complexity index is 1020. The summed E-state index contributed by atoms with van der Waals surface area (Å²) in [6.45, 7) is 6.14. The second-order valence-corrected chi connectivity index (χ2v) is 24.5. The van der Waals surface area contributed by atoms with Gasteiger partial charge >= 0.3 is 26.2 Å². The number of hydrogen-bond donors (Lipinski definition) is 1. The van der Waals surface area contributed by atoms with Crippen LogP contribution in [0.3, 0.4) is 0 Å². The molecule has 5 nitrogen and oxygen atoms in total. The van der Waals surface area contributed by atoms with Gasteiger partial charge in [0, 0.05) is 37.8 Å². The van der Waals surface area contributed by atoms with Crippen molar-refractivity contribution in [3.8, 4) is 0 Å². The van der Waals surface area contributed by atoms with E-state index in [1.165, 1.54) is 193 Å². The fraction of sp³-hybridized carbons (Fsp3) is 0.822. The van der Waals surface area contributed by atoms with Crippen LogP contribution < -0.4 is 0 Å². The molecule has 1 N–H and O–H groups in total. The Kier molecular flexibility index (Phi) is 24.3. The SMILES string of the molecule is C1CCCC1.C1CCCC1.C[Si](C)(C)[C-]=[N+]=[N-].N=C(c1[c-]cccc1)P(N(C1CCCCC1)C1CCCCC1)N(C1CCCCC1)C1CCCCC1.[Zr+4]. The molecule has 0 saturated heterocycles. The van der Waals surface area contributed by atoms with Gasteiger partial charge in [-0.1, -0.05) is 167 Å². The molecular weight excluding hydrogens is 761 g/mol. The van der Waals surface area contributed by atoms with Gasteiger partial charge < -0.3 is 15.7 Å². The van der Waals surface area contributed by atoms with Crippen LogP contribution in [-0.4, -0.2) is 57.7 Å². The van der Waals surface area contributed by atoms with E-state index in [0.717, 1.165) is 11.0 Å². The third-order valence-electron chi connectivity index (χ3n) is 12.3. The minimum absolute atomic E-state index is 0. The first kappa shape index (κ1) is 47.1. The van der Waals surface area contributed by atoms with Crippen LogP contribution >= 0.6 is 8.22 Å². The van der Waals surface area contributed by atoms with Gasteiger partial charge in [0.1, 0.15) is 0 Å². The maximum absolute atomic E-state index is 9.84.